The summed E-state index contributed by atoms with van der Waals surface area (Å²) in [5, 5.41) is 3.32. The third kappa shape index (κ3) is 3.98. The SMILES string of the molecule is COCC(=O)N1CCC(c2cncc(-c3noc(C(F)(F)F)n3)n2)CC1. The van der Waals surface area contributed by atoms with Gasteiger partial charge in [0, 0.05) is 32.3 Å². The number of carbonyl (C=O) groups excluding carboxylic acids is 1. The van der Waals surface area contributed by atoms with E-state index in [1.165, 1.54) is 13.3 Å². The van der Waals surface area contributed by atoms with E-state index in [1.54, 1.807) is 11.1 Å². The molecule has 0 unspecified atom stereocenters. The van der Waals surface area contributed by atoms with Crippen LogP contribution in [0.25, 0.3) is 11.5 Å². The number of aromatic nitrogens is 4. The normalized spacial score (nSPS) is 16.1. The van der Waals surface area contributed by atoms with Gasteiger partial charge in [0.2, 0.25) is 11.7 Å². The molecule has 1 saturated heterocycles. The van der Waals surface area contributed by atoms with Crippen LogP contribution in [0.2, 0.25) is 0 Å². The summed E-state index contributed by atoms with van der Waals surface area (Å²) in [7, 11) is 1.47. The van der Waals surface area contributed by atoms with Crippen LogP contribution in [0.3, 0.4) is 0 Å². The van der Waals surface area contributed by atoms with E-state index in [0.717, 1.165) is 0 Å². The number of likely N-dealkylation sites (tertiary alicyclic amines) is 1. The molecule has 140 valence electrons. The predicted octanol–water partition coefficient (Wildman–Crippen LogP) is 1.90. The Morgan fingerprint density at radius 1 is 1.31 bits per heavy atom. The van der Waals surface area contributed by atoms with Crippen molar-refractivity contribution in [2.24, 2.45) is 0 Å². The molecule has 1 amide bonds. The average Bonchev–Trinajstić information content (AvgIpc) is 3.13. The zero-order valence-corrected chi connectivity index (χ0v) is 13.9. The van der Waals surface area contributed by atoms with Crippen molar-refractivity contribution >= 4 is 5.91 Å². The highest BCUT2D eigenvalue weighted by Crippen LogP contribution is 2.30. The number of halogens is 3. The first-order chi connectivity index (χ1) is 12.4. The number of rotatable bonds is 4. The summed E-state index contributed by atoms with van der Waals surface area (Å²) in [4.78, 5) is 25.2. The zero-order chi connectivity index (χ0) is 18.7. The van der Waals surface area contributed by atoms with Crippen LogP contribution in [-0.2, 0) is 15.7 Å². The van der Waals surface area contributed by atoms with Gasteiger partial charge in [-0.05, 0) is 12.8 Å². The van der Waals surface area contributed by atoms with Gasteiger partial charge in [-0.25, -0.2) is 4.98 Å². The minimum absolute atomic E-state index is 0.0410. The van der Waals surface area contributed by atoms with E-state index in [9.17, 15) is 18.0 Å². The Bertz CT molecular complexity index is 772. The molecule has 1 fully saturated rings. The van der Waals surface area contributed by atoms with Crippen LogP contribution in [0.5, 0.6) is 0 Å². The quantitative estimate of drug-likeness (QED) is 0.810. The van der Waals surface area contributed by atoms with Crippen LogP contribution in [0.15, 0.2) is 16.9 Å². The van der Waals surface area contributed by atoms with E-state index < -0.39 is 12.1 Å². The van der Waals surface area contributed by atoms with Crippen LogP contribution in [0.1, 0.15) is 30.3 Å². The van der Waals surface area contributed by atoms with Crippen molar-refractivity contribution in [1.29, 1.82) is 0 Å². The lowest BCUT2D eigenvalue weighted by molar-refractivity contribution is -0.159. The summed E-state index contributed by atoms with van der Waals surface area (Å²) in [5.74, 6) is -1.72. The lowest BCUT2D eigenvalue weighted by Crippen LogP contribution is -2.39. The van der Waals surface area contributed by atoms with Gasteiger partial charge in [-0.2, -0.15) is 18.2 Å². The van der Waals surface area contributed by atoms with Gasteiger partial charge in [0.05, 0.1) is 11.9 Å². The number of piperidine rings is 1. The molecule has 1 aliphatic rings. The van der Waals surface area contributed by atoms with Crippen molar-refractivity contribution in [2.75, 3.05) is 26.8 Å². The number of alkyl halides is 3. The highest BCUT2D eigenvalue weighted by atomic mass is 19.4. The van der Waals surface area contributed by atoms with Gasteiger partial charge in [-0.1, -0.05) is 5.16 Å². The molecule has 1 aliphatic heterocycles. The third-order valence-electron chi connectivity index (χ3n) is 4.08. The fourth-order valence-corrected chi connectivity index (χ4v) is 2.77. The Kier molecular flexibility index (Phi) is 5.16. The van der Waals surface area contributed by atoms with Gasteiger partial charge in [-0.3, -0.25) is 9.78 Å². The molecule has 3 heterocycles. The second-order valence-corrected chi connectivity index (χ2v) is 5.84. The van der Waals surface area contributed by atoms with Gasteiger partial charge in [0.25, 0.3) is 0 Å². The standard InChI is InChI=1S/C15H16F3N5O3/c1-25-8-12(24)23-4-2-9(3-5-23)10-6-19-7-11(20-10)13-21-14(26-22-13)15(16,17)18/h6-7,9H,2-5,8H2,1H3. The van der Waals surface area contributed by atoms with Gasteiger partial charge in [0.15, 0.2) is 0 Å². The molecule has 3 rings (SSSR count). The molecule has 26 heavy (non-hydrogen) atoms. The van der Waals surface area contributed by atoms with Crippen molar-refractivity contribution in [1.82, 2.24) is 25.0 Å². The molecule has 0 aliphatic carbocycles. The number of carbonyl (C=O) groups is 1. The van der Waals surface area contributed by atoms with Gasteiger partial charge in [0.1, 0.15) is 12.3 Å². The molecule has 0 spiro atoms. The first-order valence-corrected chi connectivity index (χ1v) is 7.88. The van der Waals surface area contributed by atoms with Crippen LogP contribution in [-0.4, -0.2) is 57.7 Å². The molecule has 0 atom stereocenters. The summed E-state index contributed by atoms with van der Waals surface area (Å²) in [6, 6.07) is 0. The van der Waals surface area contributed by atoms with E-state index in [2.05, 4.69) is 24.6 Å². The maximum atomic E-state index is 12.6. The largest absolute Gasteiger partial charge is 0.471 e. The number of amides is 1. The highest BCUT2D eigenvalue weighted by Gasteiger charge is 2.38. The molecule has 8 nitrogen and oxygen atoms in total. The van der Waals surface area contributed by atoms with Crippen LogP contribution < -0.4 is 0 Å². The zero-order valence-electron chi connectivity index (χ0n) is 13.9. The van der Waals surface area contributed by atoms with Crippen molar-refractivity contribution in [3.63, 3.8) is 0 Å². The second kappa shape index (κ2) is 7.36. The smallest absolute Gasteiger partial charge is 0.375 e. The molecule has 2 aromatic rings. The topological polar surface area (TPSA) is 94.2 Å². The molecular formula is C15H16F3N5O3. The molecule has 11 heteroatoms. The van der Waals surface area contributed by atoms with E-state index in [1.807, 2.05) is 0 Å². The molecule has 0 aromatic carbocycles. The Morgan fingerprint density at radius 3 is 2.65 bits per heavy atom. The van der Waals surface area contributed by atoms with E-state index in [0.29, 0.717) is 31.6 Å². The van der Waals surface area contributed by atoms with Gasteiger partial charge >= 0.3 is 12.1 Å². The summed E-state index contributed by atoms with van der Waals surface area (Å²) in [6.07, 6.45) is -0.517. The van der Waals surface area contributed by atoms with Gasteiger partial charge in [-0.15, -0.1) is 0 Å². The maximum Gasteiger partial charge on any atom is 0.471 e. The Balaban J connectivity index is 1.71. The third-order valence-corrected chi connectivity index (χ3v) is 4.08. The van der Waals surface area contributed by atoms with Crippen LogP contribution in [0, 0.1) is 0 Å². The first kappa shape index (κ1) is 18.2. The fourth-order valence-electron chi connectivity index (χ4n) is 2.77. The monoisotopic (exact) mass is 371 g/mol. The number of methoxy groups -OCH3 is 1. The lowest BCUT2D eigenvalue weighted by Gasteiger charge is -2.31. The highest BCUT2D eigenvalue weighted by molar-refractivity contribution is 5.77. The average molecular weight is 371 g/mol. The van der Waals surface area contributed by atoms with Crippen molar-refractivity contribution < 1.29 is 27.2 Å². The Hall–Kier alpha value is -2.56. The number of hydrogen-bond donors (Lipinski definition) is 0. The molecule has 0 bridgehead atoms. The number of hydrogen-bond acceptors (Lipinski definition) is 7. The van der Waals surface area contributed by atoms with Crippen molar-refractivity contribution in [3.05, 3.63) is 24.0 Å². The van der Waals surface area contributed by atoms with E-state index in [4.69, 9.17) is 4.74 Å². The van der Waals surface area contributed by atoms with Crippen molar-refractivity contribution in [3.8, 4) is 11.5 Å². The van der Waals surface area contributed by atoms with E-state index in [-0.39, 0.29) is 30.0 Å². The Labute approximate surface area is 146 Å². The minimum atomic E-state index is -4.71. The first-order valence-electron chi connectivity index (χ1n) is 7.88. The molecule has 0 saturated carbocycles. The second-order valence-electron chi connectivity index (χ2n) is 5.84. The van der Waals surface area contributed by atoms with E-state index >= 15 is 0 Å². The summed E-state index contributed by atoms with van der Waals surface area (Å²) < 4.78 is 46.8. The number of ether oxygens (including phenoxy) is 1. The van der Waals surface area contributed by atoms with Crippen LogP contribution in [0.4, 0.5) is 13.2 Å². The van der Waals surface area contributed by atoms with Gasteiger partial charge < -0.3 is 14.2 Å². The minimum Gasteiger partial charge on any atom is -0.375 e. The van der Waals surface area contributed by atoms with Crippen molar-refractivity contribution in [2.45, 2.75) is 24.9 Å². The maximum absolute atomic E-state index is 12.6. The molecular weight excluding hydrogens is 355 g/mol. The fraction of sp³-hybridized carbons (Fsp3) is 0.533. The molecule has 2 aromatic heterocycles. The summed E-state index contributed by atoms with van der Waals surface area (Å²) >= 11 is 0. The summed E-state index contributed by atoms with van der Waals surface area (Å²) in [5.41, 5.74) is 0.735. The van der Waals surface area contributed by atoms with Crippen LogP contribution >= 0.6 is 0 Å². The lowest BCUT2D eigenvalue weighted by atomic mass is 9.93. The summed E-state index contributed by atoms with van der Waals surface area (Å²) in [6.45, 7) is 1.15. The molecule has 0 radical (unpaired) electrons. The number of nitrogens with zero attached hydrogens (tertiary/aromatic N) is 5. The predicted molar refractivity (Wildman–Crippen MR) is 80.8 cm³/mol. The molecule has 0 N–H and O–H groups in total. The Morgan fingerprint density at radius 2 is 2.04 bits per heavy atom.